The summed E-state index contributed by atoms with van der Waals surface area (Å²) in [5, 5.41) is 24.9. The molecule has 2 atom stereocenters. The summed E-state index contributed by atoms with van der Waals surface area (Å²) in [6.45, 7) is 2.94. The lowest BCUT2D eigenvalue weighted by Crippen LogP contribution is -2.50. The van der Waals surface area contributed by atoms with Crippen LogP contribution in [0.25, 0.3) is 11.3 Å². The fraction of sp³-hybridized carbons (Fsp3) is 0.393. The van der Waals surface area contributed by atoms with Gasteiger partial charge < -0.3 is 15.1 Å². The monoisotopic (exact) mass is 596 g/mol. The van der Waals surface area contributed by atoms with E-state index in [-0.39, 0.29) is 17.7 Å². The molecule has 2 saturated heterocycles. The first-order valence-electron chi connectivity index (χ1n) is 13.0. The molecule has 2 fully saturated rings. The molecule has 1 amide bonds. The number of likely N-dealkylation sites (tertiary alicyclic amines) is 2. The molecular formula is C28H29ClF4N4O4. The van der Waals surface area contributed by atoms with Crippen molar-refractivity contribution >= 4 is 23.7 Å². The number of benzene rings is 2. The average Bonchev–Trinajstić information content (AvgIpc) is 3.44. The van der Waals surface area contributed by atoms with Gasteiger partial charge in [-0.1, -0.05) is 35.9 Å². The molecular weight excluding hydrogens is 568 g/mol. The molecule has 220 valence electrons. The number of halogens is 5. The molecule has 0 radical (unpaired) electrons. The molecule has 0 aliphatic carbocycles. The summed E-state index contributed by atoms with van der Waals surface area (Å²) in [6.07, 6.45) is -3.28. The number of alkyl halides is 3. The Morgan fingerprint density at radius 3 is 2.10 bits per heavy atom. The maximum absolute atomic E-state index is 13.7. The van der Waals surface area contributed by atoms with E-state index in [1.165, 1.54) is 17.0 Å². The van der Waals surface area contributed by atoms with Gasteiger partial charge in [0.2, 0.25) is 0 Å². The van der Waals surface area contributed by atoms with Crippen molar-refractivity contribution in [2.75, 3.05) is 26.2 Å². The molecule has 0 spiro atoms. The van der Waals surface area contributed by atoms with E-state index in [2.05, 4.69) is 21.2 Å². The Morgan fingerprint density at radius 1 is 0.927 bits per heavy atom. The van der Waals surface area contributed by atoms with Crippen LogP contribution >= 0.6 is 11.6 Å². The lowest BCUT2D eigenvalue weighted by molar-refractivity contribution is -0.192. The van der Waals surface area contributed by atoms with Gasteiger partial charge in [-0.05, 0) is 61.7 Å². The van der Waals surface area contributed by atoms with Crippen molar-refractivity contribution in [3.05, 3.63) is 76.7 Å². The highest BCUT2D eigenvalue weighted by Gasteiger charge is 2.38. The van der Waals surface area contributed by atoms with E-state index < -0.39 is 18.2 Å². The number of hydrogen-bond donors (Lipinski definition) is 3. The minimum Gasteiger partial charge on any atom is -0.475 e. The molecule has 2 aliphatic heterocycles. The first-order valence-corrected chi connectivity index (χ1v) is 13.4. The highest BCUT2D eigenvalue weighted by Crippen LogP contribution is 2.41. The van der Waals surface area contributed by atoms with E-state index in [9.17, 15) is 27.5 Å². The Hall–Kier alpha value is -3.64. The summed E-state index contributed by atoms with van der Waals surface area (Å²) in [5.41, 5.74) is 4.09. The predicted octanol–water partition coefficient (Wildman–Crippen LogP) is 6.22. The van der Waals surface area contributed by atoms with Crippen molar-refractivity contribution in [2.45, 2.75) is 43.3 Å². The van der Waals surface area contributed by atoms with Gasteiger partial charge in [0.25, 0.3) is 0 Å². The second-order valence-corrected chi connectivity index (χ2v) is 10.5. The van der Waals surface area contributed by atoms with Crippen LogP contribution in [0.3, 0.4) is 0 Å². The van der Waals surface area contributed by atoms with Crippen LogP contribution in [0.5, 0.6) is 0 Å². The van der Waals surface area contributed by atoms with Crippen LogP contribution in [0.4, 0.5) is 22.4 Å². The molecule has 1 aromatic heterocycles. The number of amides is 1. The number of nitrogens with one attached hydrogen (secondary N) is 1. The van der Waals surface area contributed by atoms with Crippen LogP contribution in [0.15, 0.2) is 54.6 Å². The first kappa shape index (κ1) is 30.3. The first-order chi connectivity index (χ1) is 19.4. The van der Waals surface area contributed by atoms with Crippen molar-refractivity contribution in [3.8, 4) is 11.3 Å². The van der Waals surface area contributed by atoms with Gasteiger partial charge in [0, 0.05) is 53.8 Å². The normalized spacial score (nSPS) is 20.3. The average molecular weight is 597 g/mol. The van der Waals surface area contributed by atoms with Gasteiger partial charge in [-0.2, -0.15) is 18.3 Å². The molecule has 3 aromatic rings. The summed E-state index contributed by atoms with van der Waals surface area (Å²) < 4.78 is 45.4. The molecule has 2 aliphatic rings. The molecule has 2 unspecified atom stereocenters. The van der Waals surface area contributed by atoms with E-state index in [1.807, 2.05) is 36.4 Å². The standard InChI is InChI=1S/C26H28ClFN4O2.C2HF3O2/c27-19-5-1-18(2-6-19)24-15-25(30-29-24)22-11-14-32(21-9-12-31(13-10-21)26(33)34)16-23(22)17-3-7-20(28)8-4-17;3-2(4,5)1(6)7/h1-8,15,21-23H,9-14,16H2,(H,29,30)(H,33,34);(H,6,7). The smallest absolute Gasteiger partial charge is 0.475 e. The number of rotatable bonds is 4. The maximum Gasteiger partial charge on any atom is 0.490 e. The van der Waals surface area contributed by atoms with E-state index in [1.54, 1.807) is 0 Å². The molecule has 8 nitrogen and oxygen atoms in total. The number of carbonyl (C=O) groups is 2. The van der Waals surface area contributed by atoms with Gasteiger partial charge in [0.05, 0.1) is 5.69 Å². The van der Waals surface area contributed by atoms with E-state index in [0.717, 1.165) is 54.9 Å². The number of piperidine rings is 2. The maximum atomic E-state index is 13.7. The zero-order chi connectivity index (χ0) is 29.7. The van der Waals surface area contributed by atoms with Crippen LogP contribution in [0, 0.1) is 5.82 Å². The van der Waals surface area contributed by atoms with Crippen LogP contribution in [0.2, 0.25) is 5.02 Å². The number of carboxylic acids is 1. The minimum absolute atomic E-state index is 0.186. The zero-order valence-electron chi connectivity index (χ0n) is 21.8. The van der Waals surface area contributed by atoms with E-state index in [0.29, 0.717) is 24.2 Å². The number of aromatic nitrogens is 2. The number of nitrogens with zero attached hydrogens (tertiary/aromatic N) is 3. The van der Waals surface area contributed by atoms with Gasteiger partial charge in [-0.15, -0.1) is 0 Å². The van der Waals surface area contributed by atoms with Crippen molar-refractivity contribution in [3.63, 3.8) is 0 Å². The van der Waals surface area contributed by atoms with Gasteiger partial charge >= 0.3 is 18.2 Å². The zero-order valence-corrected chi connectivity index (χ0v) is 22.6. The SMILES string of the molecule is O=C(O)C(F)(F)F.O=C(O)N1CCC(N2CCC(c3cc(-c4ccc(Cl)cc4)n[nH]3)C(c3ccc(F)cc3)C2)CC1. The van der Waals surface area contributed by atoms with Crippen LogP contribution < -0.4 is 0 Å². The fourth-order valence-corrected chi connectivity index (χ4v) is 5.57. The van der Waals surface area contributed by atoms with Crippen LogP contribution in [-0.4, -0.2) is 80.7 Å². The highest BCUT2D eigenvalue weighted by atomic mass is 35.5. The number of hydrogen-bond acceptors (Lipinski definition) is 4. The molecule has 13 heteroatoms. The van der Waals surface area contributed by atoms with Crippen LogP contribution in [-0.2, 0) is 4.79 Å². The highest BCUT2D eigenvalue weighted by molar-refractivity contribution is 6.30. The Bertz CT molecular complexity index is 1330. The predicted molar refractivity (Wildman–Crippen MR) is 143 cm³/mol. The molecule has 5 rings (SSSR count). The third-order valence-electron chi connectivity index (χ3n) is 7.57. The van der Waals surface area contributed by atoms with Crippen molar-refractivity contribution in [2.24, 2.45) is 0 Å². The van der Waals surface area contributed by atoms with Crippen LogP contribution in [0.1, 0.15) is 42.4 Å². The largest absolute Gasteiger partial charge is 0.490 e. The van der Waals surface area contributed by atoms with Crippen molar-refractivity contribution in [1.82, 2.24) is 20.0 Å². The second kappa shape index (κ2) is 12.9. The molecule has 2 aromatic carbocycles. The van der Waals surface area contributed by atoms with Gasteiger partial charge in [0.15, 0.2) is 0 Å². The fourth-order valence-electron chi connectivity index (χ4n) is 5.45. The number of aromatic amines is 1. The third-order valence-corrected chi connectivity index (χ3v) is 7.83. The number of carboxylic acid groups (broad SMARTS) is 2. The molecule has 0 saturated carbocycles. The summed E-state index contributed by atoms with van der Waals surface area (Å²) in [4.78, 5) is 24.2. The Labute approximate surface area is 238 Å². The second-order valence-electron chi connectivity index (χ2n) is 10.1. The summed E-state index contributed by atoms with van der Waals surface area (Å²) in [7, 11) is 0. The van der Waals surface area contributed by atoms with Gasteiger partial charge in [-0.25, -0.2) is 14.0 Å². The van der Waals surface area contributed by atoms with E-state index >= 15 is 0 Å². The Kier molecular flexibility index (Phi) is 9.54. The molecule has 41 heavy (non-hydrogen) atoms. The summed E-state index contributed by atoms with van der Waals surface area (Å²) >= 11 is 6.03. The van der Waals surface area contributed by atoms with Crippen molar-refractivity contribution < 1.29 is 37.4 Å². The molecule has 3 heterocycles. The Morgan fingerprint density at radius 2 is 1.54 bits per heavy atom. The lowest BCUT2D eigenvalue weighted by Gasteiger charge is -2.44. The quantitative estimate of drug-likeness (QED) is 0.309. The minimum atomic E-state index is -5.08. The molecule has 3 N–H and O–H groups in total. The molecule has 0 bridgehead atoms. The van der Waals surface area contributed by atoms with Gasteiger partial charge in [0.1, 0.15) is 5.82 Å². The lowest BCUT2D eigenvalue weighted by atomic mass is 9.78. The summed E-state index contributed by atoms with van der Waals surface area (Å²) in [6, 6.07) is 17.0. The Balaban J connectivity index is 0.000000493. The topological polar surface area (TPSA) is 110 Å². The third kappa shape index (κ3) is 7.76. The van der Waals surface area contributed by atoms with Gasteiger partial charge in [-0.3, -0.25) is 10.00 Å². The number of H-pyrrole nitrogens is 1. The van der Waals surface area contributed by atoms with Crippen molar-refractivity contribution in [1.29, 1.82) is 0 Å². The van der Waals surface area contributed by atoms with E-state index in [4.69, 9.17) is 21.5 Å². The number of aliphatic carboxylic acids is 1. The summed E-state index contributed by atoms with van der Waals surface area (Å²) in [5.74, 6) is -2.58.